The fourth-order valence-electron chi connectivity index (χ4n) is 2.38. The largest absolute Gasteiger partial charge is 0.336 e. The number of rotatable bonds is 5. The monoisotopic (exact) mass is 306 g/mol. The van der Waals surface area contributed by atoms with Crippen LogP contribution in [-0.4, -0.2) is 32.6 Å². The Morgan fingerprint density at radius 1 is 1.09 bits per heavy atom. The number of amides is 1. The summed E-state index contributed by atoms with van der Waals surface area (Å²) in [5.41, 5.74) is 2.64. The molecule has 0 N–H and O–H groups in total. The molecule has 5 heteroatoms. The van der Waals surface area contributed by atoms with E-state index < -0.39 is 0 Å². The van der Waals surface area contributed by atoms with Gasteiger partial charge >= 0.3 is 0 Å². The molecule has 23 heavy (non-hydrogen) atoms. The highest BCUT2D eigenvalue weighted by Crippen LogP contribution is 2.08. The summed E-state index contributed by atoms with van der Waals surface area (Å²) in [7, 11) is 1.77. The van der Waals surface area contributed by atoms with Gasteiger partial charge in [0, 0.05) is 31.5 Å². The van der Waals surface area contributed by atoms with Crippen LogP contribution in [0.2, 0.25) is 0 Å². The molecule has 0 aliphatic carbocycles. The first-order chi connectivity index (χ1) is 11.2. The van der Waals surface area contributed by atoms with Crippen molar-refractivity contribution in [1.82, 2.24) is 19.7 Å². The van der Waals surface area contributed by atoms with Crippen molar-refractivity contribution >= 4 is 5.91 Å². The van der Waals surface area contributed by atoms with E-state index in [4.69, 9.17) is 0 Å². The van der Waals surface area contributed by atoms with E-state index in [1.54, 1.807) is 36.5 Å². The van der Waals surface area contributed by atoms with Gasteiger partial charge in [-0.2, -0.15) is 5.10 Å². The van der Waals surface area contributed by atoms with Crippen molar-refractivity contribution in [1.29, 1.82) is 0 Å². The first kappa shape index (κ1) is 15.0. The van der Waals surface area contributed by atoms with E-state index in [0.717, 1.165) is 12.1 Å². The molecule has 3 rings (SSSR count). The normalized spacial score (nSPS) is 10.5. The van der Waals surface area contributed by atoms with Crippen molar-refractivity contribution in [2.24, 2.45) is 0 Å². The van der Waals surface area contributed by atoms with Crippen molar-refractivity contribution < 1.29 is 4.79 Å². The van der Waals surface area contributed by atoms with Gasteiger partial charge in [0.05, 0.1) is 12.7 Å². The summed E-state index contributed by atoms with van der Waals surface area (Å²) in [6.45, 7) is 1.23. The molecule has 1 amide bonds. The van der Waals surface area contributed by atoms with Gasteiger partial charge in [0.15, 0.2) is 0 Å². The quantitative estimate of drug-likeness (QED) is 0.728. The van der Waals surface area contributed by atoms with Gasteiger partial charge in [-0.25, -0.2) is 0 Å². The number of carbonyl (C=O) groups is 1. The van der Waals surface area contributed by atoms with Crippen molar-refractivity contribution in [3.05, 3.63) is 83.9 Å². The molecule has 0 aliphatic heterocycles. The molecule has 0 radical (unpaired) electrons. The topological polar surface area (TPSA) is 51.0 Å². The Labute approximate surface area is 135 Å². The molecule has 2 aromatic heterocycles. The Bertz CT molecular complexity index is 768. The minimum absolute atomic E-state index is 0.0959. The van der Waals surface area contributed by atoms with Gasteiger partial charge in [-0.05, 0) is 17.7 Å². The molecule has 2 heterocycles. The molecule has 0 bridgehead atoms. The summed E-state index contributed by atoms with van der Waals surface area (Å²) < 4.78 is 1.88. The SMILES string of the molecule is CN(Cc1cnn(Cc2ccccc2)c1)C(=O)c1ccccn1. The highest BCUT2D eigenvalue weighted by molar-refractivity contribution is 5.91. The second-order valence-electron chi connectivity index (χ2n) is 5.41. The predicted octanol–water partition coefficient (Wildman–Crippen LogP) is 2.60. The molecule has 0 fully saturated rings. The molecule has 116 valence electrons. The molecule has 0 atom stereocenters. The van der Waals surface area contributed by atoms with Crippen LogP contribution in [0.3, 0.4) is 0 Å². The first-order valence-electron chi connectivity index (χ1n) is 7.44. The number of carbonyl (C=O) groups excluding carboxylic acids is 1. The number of hydrogen-bond donors (Lipinski definition) is 0. The smallest absolute Gasteiger partial charge is 0.272 e. The summed E-state index contributed by atoms with van der Waals surface area (Å²) in [4.78, 5) is 18.0. The fourth-order valence-corrected chi connectivity index (χ4v) is 2.38. The van der Waals surface area contributed by atoms with Crippen LogP contribution in [0.4, 0.5) is 0 Å². The number of aromatic nitrogens is 3. The van der Waals surface area contributed by atoms with E-state index in [0.29, 0.717) is 12.2 Å². The Hall–Kier alpha value is -2.95. The molecule has 1 aromatic carbocycles. The fraction of sp³-hybridized carbons (Fsp3) is 0.167. The molecule has 0 saturated heterocycles. The molecular formula is C18H18N4O. The van der Waals surface area contributed by atoms with E-state index in [2.05, 4.69) is 22.2 Å². The highest BCUT2D eigenvalue weighted by atomic mass is 16.2. The van der Waals surface area contributed by atoms with Crippen LogP contribution in [0, 0.1) is 0 Å². The molecular weight excluding hydrogens is 288 g/mol. The van der Waals surface area contributed by atoms with E-state index in [1.807, 2.05) is 35.1 Å². The molecule has 0 aliphatic rings. The Morgan fingerprint density at radius 2 is 1.87 bits per heavy atom. The maximum atomic E-state index is 12.3. The van der Waals surface area contributed by atoms with Crippen molar-refractivity contribution in [3.8, 4) is 0 Å². The van der Waals surface area contributed by atoms with Crippen LogP contribution >= 0.6 is 0 Å². The zero-order chi connectivity index (χ0) is 16.1. The molecule has 0 unspecified atom stereocenters. The minimum atomic E-state index is -0.0959. The van der Waals surface area contributed by atoms with Gasteiger partial charge in [0.25, 0.3) is 5.91 Å². The Morgan fingerprint density at radius 3 is 2.61 bits per heavy atom. The van der Waals surface area contributed by atoms with Crippen LogP contribution < -0.4 is 0 Å². The number of nitrogens with zero attached hydrogens (tertiary/aromatic N) is 4. The van der Waals surface area contributed by atoms with Crippen molar-refractivity contribution in [2.45, 2.75) is 13.1 Å². The molecule has 5 nitrogen and oxygen atoms in total. The third-order valence-corrected chi connectivity index (χ3v) is 3.52. The van der Waals surface area contributed by atoms with Gasteiger partial charge < -0.3 is 4.90 Å². The lowest BCUT2D eigenvalue weighted by molar-refractivity contribution is 0.0779. The summed E-state index contributed by atoms with van der Waals surface area (Å²) >= 11 is 0. The molecule has 0 saturated carbocycles. The lowest BCUT2D eigenvalue weighted by Crippen LogP contribution is -2.26. The third-order valence-electron chi connectivity index (χ3n) is 3.52. The number of pyridine rings is 1. The van der Waals surface area contributed by atoms with Gasteiger partial charge in [-0.15, -0.1) is 0 Å². The standard InChI is InChI=1S/C18H18N4O/c1-21(18(23)17-9-5-6-10-19-17)12-16-11-20-22(14-16)13-15-7-3-2-4-8-15/h2-11,14H,12-13H2,1H3. The summed E-state index contributed by atoms with van der Waals surface area (Å²) in [5.74, 6) is -0.0959. The van der Waals surface area contributed by atoms with Gasteiger partial charge in [-0.3, -0.25) is 14.5 Å². The van der Waals surface area contributed by atoms with Gasteiger partial charge in [-0.1, -0.05) is 36.4 Å². The van der Waals surface area contributed by atoms with Crippen LogP contribution in [0.15, 0.2) is 67.1 Å². The Balaban J connectivity index is 1.63. The number of hydrogen-bond acceptors (Lipinski definition) is 3. The lowest BCUT2D eigenvalue weighted by atomic mass is 10.2. The van der Waals surface area contributed by atoms with Gasteiger partial charge in [0.2, 0.25) is 0 Å². The summed E-state index contributed by atoms with van der Waals surface area (Å²) in [5, 5.41) is 4.36. The minimum Gasteiger partial charge on any atom is -0.336 e. The second kappa shape index (κ2) is 6.87. The number of benzene rings is 1. The third kappa shape index (κ3) is 3.83. The summed E-state index contributed by atoms with van der Waals surface area (Å²) in [6, 6.07) is 15.5. The maximum absolute atomic E-state index is 12.3. The van der Waals surface area contributed by atoms with Crippen LogP contribution in [-0.2, 0) is 13.1 Å². The average Bonchev–Trinajstić information content (AvgIpc) is 3.02. The Kier molecular flexibility index (Phi) is 4.47. The van der Waals surface area contributed by atoms with Crippen LogP contribution in [0.5, 0.6) is 0 Å². The zero-order valence-electron chi connectivity index (χ0n) is 13.0. The zero-order valence-corrected chi connectivity index (χ0v) is 13.0. The van der Waals surface area contributed by atoms with E-state index in [9.17, 15) is 4.79 Å². The van der Waals surface area contributed by atoms with E-state index in [1.165, 1.54) is 5.56 Å². The van der Waals surface area contributed by atoms with Gasteiger partial charge in [0.1, 0.15) is 5.69 Å². The second-order valence-corrected chi connectivity index (χ2v) is 5.41. The maximum Gasteiger partial charge on any atom is 0.272 e. The summed E-state index contributed by atoms with van der Waals surface area (Å²) in [6.07, 6.45) is 5.39. The highest BCUT2D eigenvalue weighted by Gasteiger charge is 2.13. The van der Waals surface area contributed by atoms with Crippen molar-refractivity contribution in [3.63, 3.8) is 0 Å². The molecule has 0 spiro atoms. The average molecular weight is 306 g/mol. The first-order valence-corrected chi connectivity index (χ1v) is 7.44. The van der Waals surface area contributed by atoms with Crippen LogP contribution in [0.1, 0.15) is 21.6 Å². The predicted molar refractivity (Wildman–Crippen MR) is 87.8 cm³/mol. The van der Waals surface area contributed by atoms with Crippen LogP contribution in [0.25, 0.3) is 0 Å². The van der Waals surface area contributed by atoms with E-state index >= 15 is 0 Å². The van der Waals surface area contributed by atoms with Crippen molar-refractivity contribution in [2.75, 3.05) is 7.05 Å². The lowest BCUT2D eigenvalue weighted by Gasteiger charge is -2.15. The molecule has 3 aromatic rings. The van der Waals surface area contributed by atoms with E-state index in [-0.39, 0.29) is 5.91 Å².